The summed E-state index contributed by atoms with van der Waals surface area (Å²) in [5.74, 6) is -1.66. The lowest BCUT2D eigenvalue weighted by atomic mass is 9.91. The quantitative estimate of drug-likeness (QED) is 0.509. The number of hydrogen-bond acceptors (Lipinski definition) is 4. The van der Waals surface area contributed by atoms with E-state index in [2.05, 4.69) is 4.74 Å². The van der Waals surface area contributed by atoms with Crippen LogP contribution in [0.25, 0.3) is 0 Å². The maximum Gasteiger partial charge on any atom is 0.320 e. The van der Waals surface area contributed by atoms with Gasteiger partial charge < -0.3 is 4.74 Å². The summed E-state index contributed by atoms with van der Waals surface area (Å²) >= 11 is 0. The summed E-state index contributed by atoms with van der Waals surface area (Å²) in [6.45, 7) is 6.49. The number of carbonyl (C=O) groups excluding carboxylic acids is 3. The Morgan fingerprint density at radius 1 is 1.21 bits per heavy atom. The molecule has 0 amide bonds. The third-order valence-corrected chi connectivity index (χ3v) is 2.04. The lowest BCUT2D eigenvalue weighted by Gasteiger charge is -2.18. The normalized spacial score (nSPS) is 10.9. The van der Waals surface area contributed by atoms with Gasteiger partial charge in [0.2, 0.25) is 0 Å². The maximum atomic E-state index is 11.3. The third-order valence-electron chi connectivity index (χ3n) is 2.04. The van der Waals surface area contributed by atoms with Gasteiger partial charge in [0, 0.05) is 0 Å². The van der Waals surface area contributed by atoms with Gasteiger partial charge in [-0.3, -0.25) is 14.4 Å². The van der Waals surface area contributed by atoms with E-state index in [-0.39, 0.29) is 12.2 Å². The van der Waals surface area contributed by atoms with Crippen molar-refractivity contribution < 1.29 is 19.1 Å². The Balaban J connectivity index is 4.20. The Hall–Kier alpha value is -1.19. The number of hydrogen-bond donors (Lipinski definition) is 0. The summed E-state index contributed by atoms with van der Waals surface area (Å²) < 4.78 is 4.52. The third kappa shape index (κ3) is 4.16. The van der Waals surface area contributed by atoms with Gasteiger partial charge in [-0.1, -0.05) is 6.92 Å². The van der Waals surface area contributed by atoms with Gasteiger partial charge in [-0.05, 0) is 27.2 Å². The highest BCUT2D eigenvalue weighted by Gasteiger charge is 2.29. The van der Waals surface area contributed by atoms with Crippen LogP contribution in [0.5, 0.6) is 0 Å². The highest BCUT2D eigenvalue weighted by atomic mass is 16.6. The molecular weight excluding hydrogens is 184 g/mol. The molecule has 80 valence electrons. The minimum absolute atomic E-state index is 0.308. The Bertz CT molecular complexity index is 253. The van der Waals surface area contributed by atoms with Crippen LogP contribution in [-0.2, 0) is 19.1 Å². The fourth-order valence-electron chi connectivity index (χ4n) is 0.625. The molecule has 0 unspecified atom stereocenters. The van der Waals surface area contributed by atoms with Crippen LogP contribution in [-0.4, -0.2) is 17.7 Å². The van der Waals surface area contributed by atoms with E-state index in [1.165, 1.54) is 6.92 Å². The van der Waals surface area contributed by atoms with E-state index in [0.29, 0.717) is 6.42 Å². The first-order valence-corrected chi connectivity index (χ1v) is 4.54. The fourth-order valence-corrected chi connectivity index (χ4v) is 0.625. The molecule has 0 saturated carbocycles. The van der Waals surface area contributed by atoms with Crippen LogP contribution < -0.4 is 0 Å². The van der Waals surface area contributed by atoms with Crippen molar-refractivity contribution in [3.05, 3.63) is 0 Å². The second kappa shape index (κ2) is 4.88. The van der Waals surface area contributed by atoms with Crippen molar-refractivity contribution in [2.24, 2.45) is 5.41 Å². The molecule has 0 aliphatic rings. The van der Waals surface area contributed by atoms with E-state index < -0.39 is 17.4 Å². The predicted octanol–water partition coefficient (Wildman–Crippen LogP) is 1.47. The molecule has 0 atom stereocenters. The molecule has 0 rings (SSSR count). The lowest BCUT2D eigenvalue weighted by molar-refractivity contribution is -0.166. The van der Waals surface area contributed by atoms with Crippen LogP contribution in [0, 0.1) is 5.41 Å². The maximum absolute atomic E-state index is 11.3. The van der Waals surface area contributed by atoms with Crippen LogP contribution in [0.4, 0.5) is 0 Å². The van der Waals surface area contributed by atoms with Gasteiger partial charge in [0.05, 0.1) is 5.41 Å². The van der Waals surface area contributed by atoms with Gasteiger partial charge in [-0.25, -0.2) is 0 Å². The number of carbonyl (C=O) groups is 3. The molecular formula is C10H16O4. The van der Waals surface area contributed by atoms with Gasteiger partial charge in [0.25, 0.3) is 0 Å². The van der Waals surface area contributed by atoms with Crippen molar-refractivity contribution in [1.82, 2.24) is 0 Å². The van der Waals surface area contributed by atoms with Crippen molar-refractivity contribution in [1.29, 1.82) is 0 Å². The smallest absolute Gasteiger partial charge is 0.320 e. The molecule has 0 aliphatic carbocycles. The molecule has 4 nitrogen and oxygen atoms in total. The van der Waals surface area contributed by atoms with Gasteiger partial charge in [-0.15, -0.1) is 0 Å². The molecule has 0 spiro atoms. The largest absolute Gasteiger partial charge is 0.392 e. The minimum Gasteiger partial charge on any atom is -0.392 e. The molecule has 0 aromatic carbocycles. The zero-order chi connectivity index (χ0) is 11.4. The molecule has 0 bridgehead atoms. The highest BCUT2D eigenvalue weighted by Crippen LogP contribution is 2.21. The number of Topliss-reactive ketones (excluding diaryl/α,β-unsaturated/α-hetero) is 1. The molecule has 0 aromatic rings. The summed E-state index contributed by atoms with van der Waals surface area (Å²) in [6, 6.07) is 0. The van der Waals surface area contributed by atoms with Crippen molar-refractivity contribution in [2.75, 3.05) is 0 Å². The predicted molar refractivity (Wildman–Crippen MR) is 50.5 cm³/mol. The van der Waals surface area contributed by atoms with Crippen LogP contribution in [0.3, 0.4) is 0 Å². The van der Waals surface area contributed by atoms with Crippen LogP contribution in [0.2, 0.25) is 0 Å². The van der Waals surface area contributed by atoms with Crippen molar-refractivity contribution in [2.45, 2.75) is 40.5 Å². The van der Waals surface area contributed by atoms with E-state index in [0.717, 1.165) is 0 Å². The average molecular weight is 200 g/mol. The molecule has 14 heavy (non-hydrogen) atoms. The second-order valence-corrected chi connectivity index (χ2v) is 3.88. The molecule has 0 aromatic heterocycles. The van der Waals surface area contributed by atoms with E-state index in [1.807, 2.05) is 6.92 Å². The van der Waals surface area contributed by atoms with Crippen molar-refractivity contribution in [3.8, 4) is 0 Å². The molecule has 0 fully saturated rings. The van der Waals surface area contributed by atoms with E-state index in [9.17, 15) is 14.4 Å². The first kappa shape index (κ1) is 12.8. The molecule has 4 heteroatoms. The highest BCUT2D eigenvalue weighted by molar-refractivity contribution is 5.98. The Morgan fingerprint density at radius 3 is 2.07 bits per heavy atom. The summed E-state index contributed by atoms with van der Waals surface area (Å²) in [5.41, 5.74) is -0.674. The van der Waals surface area contributed by atoms with E-state index in [1.54, 1.807) is 13.8 Å². The number of ketones is 1. The van der Waals surface area contributed by atoms with E-state index >= 15 is 0 Å². The van der Waals surface area contributed by atoms with Crippen molar-refractivity contribution in [3.63, 3.8) is 0 Å². The molecule has 0 radical (unpaired) electrons. The first-order valence-electron chi connectivity index (χ1n) is 4.54. The monoisotopic (exact) mass is 200 g/mol. The Labute approximate surface area is 83.6 Å². The summed E-state index contributed by atoms with van der Waals surface area (Å²) in [7, 11) is 0. The van der Waals surface area contributed by atoms with Crippen LogP contribution in [0.1, 0.15) is 40.5 Å². The average Bonchev–Trinajstić information content (AvgIpc) is 2.02. The topological polar surface area (TPSA) is 60.4 Å². The van der Waals surface area contributed by atoms with Gasteiger partial charge in [-0.2, -0.15) is 0 Å². The second-order valence-electron chi connectivity index (χ2n) is 3.88. The molecule has 0 heterocycles. The Morgan fingerprint density at radius 2 is 1.71 bits per heavy atom. The van der Waals surface area contributed by atoms with Gasteiger partial charge in [0.15, 0.2) is 0 Å². The zero-order valence-corrected chi connectivity index (χ0v) is 9.05. The molecule has 0 aliphatic heterocycles. The minimum atomic E-state index is -0.774. The van der Waals surface area contributed by atoms with Crippen LogP contribution in [0.15, 0.2) is 0 Å². The van der Waals surface area contributed by atoms with Gasteiger partial charge in [0.1, 0.15) is 12.2 Å². The summed E-state index contributed by atoms with van der Waals surface area (Å²) in [6.07, 6.45) is 0.241. The molecule has 0 saturated heterocycles. The summed E-state index contributed by atoms with van der Waals surface area (Å²) in [5, 5.41) is 0. The number of esters is 2. The standard InChI is InChI=1S/C10H16O4/c1-5-10(3,4)9(13)14-8(12)6-7(2)11/h5-6H2,1-4H3. The van der Waals surface area contributed by atoms with Crippen molar-refractivity contribution >= 4 is 17.7 Å². The number of ether oxygens (including phenoxy) is 1. The number of rotatable bonds is 4. The van der Waals surface area contributed by atoms with E-state index in [4.69, 9.17) is 0 Å². The first-order chi connectivity index (χ1) is 6.29. The Kier molecular flexibility index (Phi) is 4.47. The lowest BCUT2D eigenvalue weighted by Crippen LogP contribution is -2.28. The molecule has 0 N–H and O–H groups in total. The van der Waals surface area contributed by atoms with Gasteiger partial charge >= 0.3 is 11.9 Å². The SMILES string of the molecule is CCC(C)(C)C(=O)OC(=O)CC(C)=O. The summed E-state index contributed by atoms with van der Waals surface area (Å²) in [4.78, 5) is 32.8. The fraction of sp³-hybridized carbons (Fsp3) is 0.700. The zero-order valence-electron chi connectivity index (χ0n) is 9.05. The van der Waals surface area contributed by atoms with Crippen LogP contribution >= 0.6 is 0 Å².